The Morgan fingerprint density at radius 3 is 2.73 bits per heavy atom. The van der Waals surface area contributed by atoms with Gasteiger partial charge in [0.1, 0.15) is 0 Å². The van der Waals surface area contributed by atoms with Crippen molar-refractivity contribution in [3.63, 3.8) is 0 Å². The number of rotatable bonds is 6. The number of carbonyl (C=O) groups is 1. The largest absolute Gasteiger partial charge is 0.357 e. The standard InChI is InChI=1S/C17H20FN3O/c1-11(2)8-16(22)13-7-5-4-6-12(13)9-15-14(18)10-20-17(19-3)21-15/h4-7,10-11H,8-9H2,1-3H3,(H,19,20,21). The van der Waals surface area contributed by atoms with Gasteiger partial charge in [-0.3, -0.25) is 4.79 Å². The van der Waals surface area contributed by atoms with E-state index >= 15 is 0 Å². The van der Waals surface area contributed by atoms with Crippen molar-refractivity contribution in [1.82, 2.24) is 9.97 Å². The minimum atomic E-state index is -0.467. The topological polar surface area (TPSA) is 54.9 Å². The molecule has 1 heterocycles. The van der Waals surface area contributed by atoms with Crippen molar-refractivity contribution in [2.24, 2.45) is 5.92 Å². The molecular weight excluding hydrogens is 281 g/mol. The van der Waals surface area contributed by atoms with Crippen LogP contribution in [0.5, 0.6) is 0 Å². The van der Waals surface area contributed by atoms with Crippen LogP contribution >= 0.6 is 0 Å². The number of hydrogen-bond donors (Lipinski definition) is 1. The van der Waals surface area contributed by atoms with E-state index in [1.807, 2.05) is 32.0 Å². The molecule has 0 saturated carbocycles. The highest BCUT2D eigenvalue weighted by Gasteiger charge is 2.15. The highest BCUT2D eigenvalue weighted by atomic mass is 19.1. The zero-order valence-electron chi connectivity index (χ0n) is 13.1. The van der Waals surface area contributed by atoms with Crippen molar-refractivity contribution >= 4 is 11.7 Å². The lowest BCUT2D eigenvalue weighted by Gasteiger charge is -2.11. The maximum atomic E-state index is 13.9. The molecule has 2 aromatic rings. The van der Waals surface area contributed by atoms with E-state index in [0.29, 0.717) is 17.9 Å². The molecule has 0 fully saturated rings. The number of benzene rings is 1. The van der Waals surface area contributed by atoms with Crippen LogP contribution < -0.4 is 5.32 Å². The summed E-state index contributed by atoms with van der Waals surface area (Å²) in [6.07, 6.45) is 1.89. The fourth-order valence-electron chi connectivity index (χ4n) is 2.25. The summed E-state index contributed by atoms with van der Waals surface area (Å²) in [5.74, 6) is 0.258. The van der Waals surface area contributed by atoms with Gasteiger partial charge in [0.25, 0.3) is 0 Å². The number of Topliss-reactive ketones (excluding diaryl/α,β-unsaturated/α-hetero) is 1. The summed E-state index contributed by atoms with van der Waals surface area (Å²) in [6.45, 7) is 4.01. The van der Waals surface area contributed by atoms with E-state index in [-0.39, 0.29) is 23.8 Å². The van der Waals surface area contributed by atoms with Crippen molar-refractivity contribution in [3.8, 4) is 0 Å². The number of hydrogen-bond acceptors (Lipinski definition) is 4. The van der Waals surface area contributed by atoms with Crippen molar-refractivity contribution in [2.45, 2.75) is 26.7 Å². The average Bonchev–Trinajstić information content (AvgIpc) is 2.49. The number of nitrogens with zero attached hydrogens (tertiary/aromatic N) is 2. The zero-order valence-corrected chi connectivity index (χ0v) is 13.1. The first kappa shape index (κ1) is 16.1. The Bertz CT molecular complexity index is 671. The summed E-state index contributed by atoms with van der Waals surface area (Å²) in [6, 6.07) is 7.30. The molecule has 22 heavy (non-hydrogen) atoms. The van der Waals surface area contributed by atoms with Gasteiger partial charge in [-0.2, -0.15) is 0 Å². The number of anilines is 1. The van der Waals surface area contributed by atoms with E-state index in [0.717, 1.165) is 11.8 Å². The lowest BCUT2D eigenvalue weighted by molar-refractivity contribution is 0.0967. The fourth-order valence-corrected chi connectivity index (χ4v) is 2.25. The molecule has 0 saturated heterocycles. The van der Waals surface area contributed by atoms with E-state index in [4.69, 9.17) is 0 Å². The maximum Gasteiger partial charge on any atom is 0.222 e. The van der Waals surface area contributed by atoms with Gasteiger partial charge in [0, 0.05) is 25.5 Å². The van der Waals surface area contributed by atoms with E-state index in [1.165, 1.54) is 0 Å². The van der Waals surface area contributed by atoms with Crippen molar-refractivity contribution in [3.05, 3.63) is 53.1 Å². The summed E-state index contributed by atoms with van der Waals surface area (Å²) >= 11 is 0. The molecule has 0 bridgehead atoms. The molecule has 0 spiro atoms. The second-order valence-electron chi connectivity index (χ2n) is 5.59. The number of aromatic nitrogens is 2. The molecule has 0 aliphatic rings. The Hall–Kier alpha value is -2.30. The Morgan fingerprint density at radius 2 is 2.05 bits per heavy atom. The molecule has 1 N–H and O–H groups in total. The third kappa shape index (κ3) is 3.87. The molecule has 0 amide bonds. The number of carbonyl (C=O) groups excluding carboxylic acids is 1. The number of ketones is 1. The fraction of sp³-hybridized carbons (Fsp3) is 0.353. The van der Waals surface area contributed by atoms with Gasteiger partial charge in [0.15, 0.2) is 11.6 Å². The molecule has 1 aromatic heterocycles. The second-order valence-corrected chi connectivity index (χ2v) is 5.59. The smallest absolute Gasteiger partial charge is 0.222 e. The molecule has 5 heteroatoms. The third-order valence-electron chi connectivity index (χ3n) is 3.31. The van der Waals surface area contributed by atoms with Gasteiger partial charge in [-0.15, -0.1) is 0 Å². The van der Waals surface area contributed by atoms with Gasteiger partial charge >= 0.3 is 0 Å². The maximum absolute atomic E-state index is 13.9. The van der Waals surface area contributed by atoms with Crippen LogP contribution in [0.1, 0.15) is 41.9 Å². The predicted molar refractivity (Wildman–Crippen MR) is 84.6 cm³/mol. The molecule has 116 valence electrons. The molecule has 0 unspecified atom stereocenters. The van der Waals surface area contributed by atoms with Crippen LogP contribution in [0, 0.1) is 11.7 Å². The van der Waals surface area contributed by atoms with Crippen molar-refractivity contribution < 1.29 is 9.18 Å². The summed E-state index contributed by atoms with van der Waals surface area (Å²) in [4.78, 5) is 20.3. The molecule has 4 nitrogen and oxygen atoms in total. The first-order valence-electron chi connectivity index (χ1n) is 7.31. The molecule has 0 aliphatic carbocycles. The molecule has 0 aliphatic heterocycles. The minimum absolute atomic E-state index is 0.0777. The second kappa shape index (κ2) is 7.11. The Balaban J connectivity index is 2.32. The van der Waals surface area contributed by atoms with E-state index in [1.54, 1.807) is 13.1 Å². The third-order valence-corrected chi connectivity index (χ3v) is 3.31. The van der Waals surface area contributed by atoms with Crippen LogP contribution in [0.4, 0.5) is 10.3 Å². The number of nitrogens with one attached hydrogen (secondary N) is 1. The van der Waals surface area contributed by atoms with Gasteiger partial charge in [-0.25, -0.2) is 14.4 Å². The highest BCUT2D eigenvalue weighted by Crippen LogP contribution is 2.19. The lowest BCUT2D eigenvalue weighted by Crippen LogP contribution is -2.09. The van der Waals surface area contributed by atoms with Crippen molar-refractivity contribution in [2.75, 3.05) is 12.4 Å². The quantitative estimate of drug-likeness (QED) is 0.830. The summed E-state index contributed by atoms with van der Waals surface area (Å²) in [5, 5.41) is 2.79. The molecule has 0 atom stereocenters. The van der Waals surface area contributed by atoms with Crippen LogP contribution in [0.25, 0.3) is 0 Å². The molecule has 1 aromatic carbocycles. The molecule has 2 rings (SSSR count). The normalized spacial score (nSPS) is 10.8. The van der Waals surface area contributed by atoms with E-state index < -0.39 is 5.82 Å². The van der Waals surface area contributed by atoms with Crippen molar-refractivity contribution in [1.29, 1.82) is 0 Å². The zero-order chi connectivity index (χ0) is 16.1. The van der Waals surface area contributed by atoms with E-state index in [9.17, 15) is 9.18 Å². The summed E-state index contributed by atoms with van der Waals surface area (Å²) in [5.41, 5.74) is 1.71. The van der Waals surface area contributed by atoms with Gasteiger partial charge in [0.2, 0.25) is 5.95 Å². The lowest BCUT2D eigenvalue weighted by atomic mass is 9.95. The van der Waals surface area contributed by atoms with Gasteiger partial charge in [-0.05, 0) is 11.5 Å². The summed E-state index contributed by atoms with van der Waals surface area (Å²) < 4.78 is 13.9. The highest BCUT2D eigenvalue weighted by molar-refractivity contribution is 5.97. The number of halogens is 1. The van der Waals surface area contributed by atoms with Gasteiger partial charge in [0.05, 0.1) is 11.9 Å². The minimum Gasteiger partial charge on any atom is -0.357 e. The Kier molecular flexibility index (Phi) is 5.20. The first-order valence-corrected chi connectivity index (χ1v) is 7.31. The molecular formula is C17H20FN3O. The molecule has 0 radical (unpaired) electrons. The van der Waals surface area contributed by atoms with Gasteiger partial charge in [-0.1, -0.05) is 38.1 Å². The van der Waals surface area contributed by atoms with Crippen LogP contribution in [-0.4, -0.2) is 22.8 Å². The van der Waals surface area contributed by atoms with Crippen LogP contribution in [0.2, 0.25) is 0 Å². The van der Waals surface area contributed by atoms with Gasteiger partial charge < -0.3 is 5.32 Å². The SMILES string of the molecule is CNc1ncc(F)c(Cc2ccccc2C(=O)CC(C)C)n1. The van der Waals surface area contributed by atoms with Crippen LogP contribution in [0.15, 0.2) is 30.5 Å². The Labute approximate surface area is 129 Å². The van der Waals surface area contributed by atoms with E-state index in [2.05, 4.69) is 15.3 Å². The average molecular weight is 301 g/mol. The summed E-state index contributed by atoms with van der Waals surface area (Å²) in [7, 11) is 1.68. The van der Waals surface area contributed by atoms with Crippen LogP contribution in [-0.2, 0) is 6.42 Å². The van der Waals surface area contributed by atoms with Crippen LogP contribution in [0.3, 0.4) is 0 Å². The predicted octanol–water partition coefficient (Wildman–Crippen LogP) is 3.48. The Morgan fingerprint density at radius 1 is 1.32 bits per heavy atom. The first-order chi connectivity index (χ1) is 10.5. The monoisotopic (exact) mass is 301 g/mol.